The molecule has 1 fully saturated rings. The van der Waals surface area contributed by atoms with Crippen molar-refractivity contribution in [2.45, 2.75) is 6.42 Å². The van der Waals surface area contributed by atoms with E-state index in [1.165, 1.54) is 0 Å². The Morgan fingerprint density at radius 2 is 2.40 bits per heavy atom. The zero-order valence-electron chi connectivity index (χ0n) is 5.29. The predicted octanol–water partition coefficient (Wildman–Crippen LogP) is -0.469. The molecule has 1 saturated heterocycles. The largest absolute Gasteiger partial charge is 0.410 e. The minimum Gasteiger partial charge on any atom is -0.410 e. The summed E-state index contributed by atoms with van der Waals surface area (Å²) in [6.07, 6.45) is 1.14. The van der Waals surface area contributed by atoms with Gasteiger partial charge in [0.1, 0.15) is 0 Å². The van der Waals surface area contributed by atoms with Crippen LogP contribution in [0.2, 0.25) is 0 Å². The smallest absolute Gasteiger partial charge is 0.0350 e. The molecule has 6 heteroatoms. The third kappa shape index (κ3) is 3.78. The van der Waals surface area contributed by atoms with Crippen molar-refractivity contribution >= 4 is 29.2 Å². The number of hydrogen-bond acceptors (Lipinski definition) is 4. The molecule has 0 aromatic heterocycles. The number of thiocarbonyl (C=S) groups is 1. The fourth-order valence-corrected chi connectivity index (χ4v) is 0.956. The molecule has 0 saturated carbocycles. The number of rotatable bonds is 1. The summed E-state index contributed by atoms with van der Waals surface area (Å²) in [7, 11) is 0. The summed E-state index contributed by atoms with van der Waals surface area (Å²) >= 11 is 9.31. The first-order valence-corrected chi connectivity index (χ1v) is 3.59. The van der Waals surface area contributed by atoms with Crippen molar-refractivity contribution in [1.29, 1.82) is 0 Å². The minimum atomic E-state index is 0. The van der Waals surface area contributed by atoms with E-state index in [1.807, 2.05) is 5.12 Å². The average molecular weight is 258 g/mol. The maximum Gasteiger partial charge on any atom is 0.0350 e. The van der Waals surface area contributed by atoms with Crippen LogP contribution in [0.3, 0.4) is 0 Å². The molecule has 0 unspecified atom stereocenters. The maximum absolute atomic E-state index is 4.65. The molecule has 0 aromatic carbocycles. The normalized spacial score (nSPS) is 18.0. The number of nitrogens with zero attached hydrogens (tertiary/aromatic N) is 1. The van der Waals surface area contributed by atoms with Crippen molar-refractivity contribution in [1.82, 2.24) is 16.0 Å². The maximum atomic E-state index is 4.65. The Hall–Kier alpha value is 0.718. The molecule has 1 heterocycles. The van der Waals surface area contributed by atoms with Gasteiger partial charge in [0.05, 0.1) is 0 Å². The molecule has 2 N–H and O–H groups in total. The molecular weight excluding hydrogens is 250 g/mol. The molecule has 0 atom stereocenters. The van der Waals surface area contributed by atoms with Crippen LogP contribution < -0.4 is 10.9 Å². The molecule has 0 aromatic rings. The predicted molar refractivity (Wildman–Crippen MR) is 42.4 cm³/mol. The molecule has 1 rings (SSSR count). The van der Waals surface area contributed by atoms with Crippen LogP contribution in [0.25, 0.3) is 0 Å². The van der Waals surface area contributed by atoms with Gasteiger partial charge < -0.3 is 30.3 Å². The van der Waals surface area contributed by atoms with Gasteiger partial charge in [0.15, 0.2) is 0 Å². The van der Waals surface area contributed by atoms with E-state index in [2.05, 4.69) is 35.7 Å². The quantitative estimate of drug-likeness (QED) is 0.377. The van der Waals surface area contributed by atoms with Gasteiger partial charge in [-0.3, -0.25) is 0 Å². The number of nitrogens with one attached hydrogen (secondary N) is 2. The molecular formula is C4H8MoN3S2-. The third-order valence-corrected chi connectivity index (χ3v) is 1.27. The summed E-state index contributed by atoms with van der Waals surface area (Å²) in [5.74, 6) is 0. The Bertz CT molecular complexity index is 115. The van der Waals surface area contributed by atoms with Gasteiger partial charge in [-0.05, 0) is 10.7 Å². The Morgan fingerprint density at radius 1 is 1.70 bits per heavy atom. The second kappa shape index (κ2) is 5.38. The van der Waals surface area contributed by atoms with Crippen molar-refractivity contribution in [2.75, 3.05) is 13.1 Å². The zero-order chi connectivity index (χ0) is 6.69. The van der Waals surface area contributed by atoms with Crippen LogP contribution in [-0.2, 0) is 33.7 Å². The van der Waals surface area contributed by atoms with E-state index in [0.29, 0.717) is 4.32 Å². The topological polar surface area (TPSA) is 27.3 Å². The van der Waals surface area contributed by atoms with E-state index >= 15 is 0 Å². The Morgan fingerprint density at radius 3 is 2.80 bits per heavy atom. The summed E-state index contributed by atoms with van der Waals surface area (Å²) < 4.78 is 0.393. The molecule has 0 spiro atoms. The van der Waals surface area contributed by atoms with Gasteiger partial charge in [0.2, 0.25) is 0 Å². The minimum absolute atomic E-state index is 0. The van der Waals surface area contributed by atoms with E-state index in [9.17, 15) is 0 Å². The Balaban J connectivity index is 0.000000810. The molecule has 3 nitrogen and oxygen atoms in total. The van der Waals surface area contributed by atoms with Crippen molar-refractivity contribution in [3.63, 3.8) is 0 Å². The molecule has 1 aliphatic rings. The molecule has 0 amide bonds. The van der Waals surface area contributed by atoms with Gasteiger partial charge in [-0.2, -0.15) is 5.12 Å². The zero-order valence-corrected chi connectivity index (χ0v) is 8.93. The van der Waals surface area contributed by atoms with Crippen LogP contribution in [-0.4, -0.2) is 22.5 Å². The van der Waals surface area contributed by atoms with Crippen molar-refractivity contribution in [3.05, 3.63) is 0 Å². The summed E-state index contributed by atoms with van der Waals surface area (Å²) in [6.45, 7) is 1.97. The second-order valence-corrected chi connectivity index (χ2v) is 2.89. The van der Waals surface area contributed by atoms with E-state index in [0.717, 1.165) is 19.5 Å². The van der Waals surface area contributed by atoms with Crippen LogP contribution in [0.4, 0.5) is 0 Å². The van der Waals surface area contributed by atoms with E-state index in [1.54, 1.807) is 0 Å². The average Bonchev–Trinajstić information content (AvgIpc) is 2.15. The molecule has 0 aliphatic carbocycles. The van der Waals surface area contributed by atoms with Gasteiger partial charge >= 0.3 is 0 Å². The van der Waals surface area contributed by atoms with Gasteiger partial charge in [0, 0.05) is 34.2 Å². The fourth-order valence-electron chi connectivity index (χ4n) is 0.736. The summed E-state index contributed by atoms with van der Waals surface area (Å²) in [5, 5.41) is 1.81. The van der Waals surface area contributed by atoms with Gasteiger partial charge in [-0.25, -0.2) is 5.43 Å². The van der Waals surface area contributed by atoms with E-state index in [-0.39, 0.29) is 21.1 Å². The van der Waals surface area contributed by atoms with E-state index in [4.69, 9.17) is 0 Å². The monoisotopic (exact) mass is 260 g/mol. The van der Waals surface area contributed by atoms with E-state index < -0.39 is 0 Å². The first-order valence-electron chi connectivity index (χ1n) is 2.78. The standard InChI is InChI=1S/C4H9N3S2.Mo/c8-4(9)6-7-3-1-2-5-7;/h5H,1-3H2,(H2,6,8,9);/p-1. The van der Waals surface area contributed by atoms with Crippen molar-refractivity contribution < 1.29 is 21.1 Å². The van der Waals surface area contributed by atoms with Crippen LogP contribution in [0.1, 0.15) is 6.42 Å². The second-order valence-electron chi connectivity index (χ2n) is 1.81. The van der Waals surface area contributed by atoms with Gasteiger partial charge in [0.25, 0.3) is 0 Å². The Labute approximate surface area is 85.5 Å². The van der Waals surface area contributed by atoms with Crippen LogP contribution >= 0.6 is 12.2 Å². The van der Waals surface area contributed by atoms with Crippen molar-refractivity contribution in [2.24, 2.45) is 0 Å². The molecule has 0 radical (unpaired) electrons. The fraction of sp³-hybridized carbons (Fsp3) is 0.750. The van der Waals surface area contributed by atoms with Crippen LogP contribution in [0, 0.1) is 0 Å². The molecule has 10 heavy (non-hydrogen) atoms. The van der Waals surface area contributed by atoms with Gasteiger partial charge in [-0.15, -0.1) is 0 Å². The van der Waals surface area contributed by atoms with Crippen LogP contribution in [0.15, 0.2) is 0 Å². The van der Waals surface area contributed by atoms with Crippen LogP contribution in [0.5, 0.6) is 0 Å². The SMILES string of the molecule is S=C([S-])NN1CCCN1.[Mo]. The summed E-state index contributed by atoms with van der Waals surface area (Å²) in [5.41, 5.74) is 5.87. The first kappa shape index (κ1) is 10.7. The van der Waals surface area contributed by atoms with Gasteiger partial charge in [-0.1, -0.05) is 0 Å². The first-order chi connectivity index (χ1) is 4.29. The number of hydrogen-bond donors (Lipinski definition) is 2. The molecule has 1 aliphatic heterocycles. The summed E-state index contributed by atoms with van der Waals surface area (Å²) in [4.78, 5) is 0. The third-order valence-electron chi connectivity index (χ3n) is 1.09. The Kier molecular flexibility index (Phi) is 5.77. The number of hydrazine groups is 2. The molecule has 58 valence electrons. The van der Waals surface area contributed by atoms with Crippen molar-refractivity contribution in [3.8, 4) is 0 Å². The molecule has 0 bridgehead atoms. The summed E-state index contributed by atoms with van der Waals surface area (Å²) in [6, 6.07) is 0.